The van der Waals surface area contributed by atoms with Crippen molar-refractivity contribution in [3.05, 3.63) is 47.5 Å². The van der Waals surface area contributed by atoms with Crippen LogP contribution >= 0.6 is 0 Å². The Morgan fingerprint density at radius 2 is 1.70 bits per heavy atom. The average Bonchev–Trinajstić information content (AvgIpc) is 2.85. The number of amides is 2. The van der Waals surface area contributed by atoms with E-state index >= 15 is 0 Å². The van der Waals surface area contributed by atoms with E-state index in [2.05, 4.69) is 5.32 Å². The summed E-state index contributed by atoms with van der Waals surface area (Å²) in [6.07, 6.45) is 3.21. The minimum absolute atomic E-state index is 0.185. The van der Waals surface area contributed by atoms with Crippen LogP contribution in [0.2, 0.25) is 0 Å². The molecular formula is C20H26N2O5. The van der Waals surface area contributed by atoms with Crippen LogP contribution in [0.5, 0.6) is 0 Å². The maximum atomic E-state index is 12.8. The third-order valence-electron chi connectivity index (χ3n) is 3.99. The molecule has 1 aliphatic rings. The lowest BCUT2D eigenvalue weighted by Gasteiger charge is -2.27. The van der Waals surface area contributed by atoms with Crippen LogP contribution in [0.4, 0.5) is 0 Å². The summed E-state index contributed by atoms with van der Waals surface area (Å²) in [6, 6.07) is 5.17. The molecule has 0 spiro atoms. The van der Waals surface area contributed by atoms with Gasteiger partial charge in [0.1, 0.15) is 5.60 Å². The smallest absolute Gasteiger partial charge is 0.333 e. The SMILES string of the molecule is CN[C@@H](C=CC(C(=O)OC(C)(C)C)N1C(=O)c2ccccc2C1=O)COC. The van der Waals surface area contributed by atoms with Gasteiger partial charge in [0.15, 0.2) is 6.04 Å². The van der Waals surface area contributed by atoms with Crippen molar-refractivity contribution in [3.63, 3.8) is 0 Å². The Balaban J connectivity index is 2.38. The molecule has 1 aromatic rings. The molecule has 1 heterocycles. The number of carbonyl (C=O) groups excluding carboxylic acids is 3. The fourth-order valence-electron chi connectivity index (χ4n) is 2.75. The van der Waals surface area contributed by atoms with E-state index < -0.39 is 29.4 Å². The lowest BCUT2D eigenvalue weighted by molar-refractivity contribution is -0.157. The van der Waals surface area contributed by atoms with Gasteiger partial charge in [-0.3, -0.25) is 14.5 Å². The van der Waals surface area contributed by atoms with Crippen molar-refractivity contribution in [2.75, 3.05) is 20.8 Å². The van der Waals surface area contributed by atoms with Crippen molar-refractivity contribution in [2.24, 2.45) is 0 Å². The van der Waals surface area contributed by atoms with Crippen LogP contribution in [0.1, 0.15) is 41.5 Å². The Hall–Kier alpha value is -2.51. The Labute approximate surface area is 159 Å². The average molecular weight is 374 g/mol. The number of benzene rings is 1. The number of likely N-dealkylation sites (N-methyl/N-ethyl adjacent to an activating group) is 1. The zero-order chi connectivity index (χ0) is 20.2. The molecule has 0 aromatic heterocycles. The van der Waals surface area contributed by atoms with E-state index in [-0.39, 0.29) is 17.2 Å². The normalized spacial score (nSPS) is 16.6. The van der Waals surface area contributed by atoms with E-state index in [1.807, 2.05) is 0 Å². The van der Waals surface area contributed by atoms with Crippen LogP contribution in [-0.2, 0) is 14.3 Å². The maximum absolute atomic E-state index is 12.8. The van der Waals surface area contributed by atoms with Crippen molar-refractivity contribution < 1.29 is 23.9 Å². The highest BCUT2D eigenvalue weighted by molar-refractivity contribution is 6.22. The summed E-state index contributed by atoms with van der Waals surface area (Å²) in [7, 11) is 3.31. The first-order valence-corrected chi connectivity index (χ1v) is 8.74. The van der Waals surface area contributed by atoms with Gasteiger partial charge in [0, 0.05) is 13.2 Å². The summed E-state index contributed by atoms with van der Waals surface area (Å²) in [5, 5.41) is 3.02. The Bertz CT molecular complexity index is 716. The highest BCUT2D eigenvalue weighted by Gasteiger charge is 2.43. The molecule has 27 heavy (non-hydrogen) atoms. The molecule has 2 atom stereocenters. The molecule has 0 fully saturated rings. The zero-order valence-electron chi connectivity index (χ0n) is 16.3. The molecule has 146 valence electrons. The molecule has 7 heteroatoms. The minimum atomic E-state index is -1.16. The molecule has 1 aromatic carbocycles. The second kappa shape index (κ2) is 8.45. The van der Waals surface area contributed by atoms with Gasteiger partial charge in [-0.25, -0.2) is 4.79 Å². The van der Waals surface area contributed by atoms with Crippen molar-refractivity contribution in [1.29, 1.82) is 0 Å². The molecule has 1 aliphatic heterocycles. The van der Waals surface area contributed by atoms with E-state index in [1.165, 1.54) is 6.08 Å². The summed E-state index contributed by atoms with van der Waals surface area (Å²) >= 11 is 0. The van der Waals surface area contributed by atoms with Crippen molar-refractivity contribution in [2.45, 2.75) is 38.5 Å². The third-order valence-corrected chi connectivity index (χ3v) is 3.99. The topological polar surface area (TPSA) is 84.9 Å². The highest BCUT2D eigenvalue weighted by Crippen LogP contribution is 2.26. The molecule has 1 N–H and O–H groups in total. The number of hydrogen-bond donors (Lipinski definition) is 1. The number of nitrogens with zero attached hydrogens (tertiary/aromatic N) is 1. The van der Waals surface area contributed by atoms with E-state index in [1.54, 1.807) is 65.3 Å². The molecular weight excluding hydrogens is 348 g/mol. The van der Waals surface area contributed by atoms with Gasteiger partial charge in [0.25, 0.3) is 11.8 Å². The van der Waals surface area contributed by atoms with E-state index in [9.17, 15) is 14.4 Å². The third kappa shape index (κ3) is 4.81. The number of ether oxygens (including phenoxy) is 2. The number of imide groups is 1. The summed E-state index contributed by atoms with van der Waals surface area (Å²) in [4.78, 5) is 39.3. The number of nitrogens with one attached hydrogen (secondary N) is 1. The molecule has 2 rings (SSSR count). The molecule has 0 saturated carbocycles. The van der Waals surface area contributed by atoms with Crippen LogP contribution in [0.15, 0.2) is 36.4 Å². The lowest BCUT2D eigenvalue weighted by atomic mass is 10.1. The van der Waals surface area contributed by atoms with Crippen LogP contribution in [0, 0.1) is 0 Å². The number of rotatable bonds is 7. The number of carbonyl (C=O) groups is 3. The van der Waals surface area contributed by atoms with Gasteiger partial charge < -0.3 is 14.8 Å². The second-order valence-corrected chi connectivity index (χ2v) is 7.24. The van der Waals surface area contributed by atoms with Gasteiger partial charge in [0.2, 0.25) is 0 Å². The number of methoxy groups -OCH3 is 1. The summed E-state index contributed by atoms with van der Waals surface area (Å²) < 4.78 is 10.6. The van der Waals surface area contributed by atoms with Crippen molar-refractivity contribution in [3.8, 4) is 0 Å². The predicted molar refractivity (Wildman–Crippen MR) is 100 cm³/mol. The van der Waals surface area contributed by atoms with Gasteiger partial charge in [-0.05, 0) is 40.0 Å². The van der Waals surface area contributed by atoms with Crippen molar-refractivity contribution in [1.82, 2.24) is 10.2 Å². The quantitative estimate of drug-likeness (QED) is 0.445. The summed E-state index contributed by atoms with van der Waals surface area (Å²) in [5.74, 6) is -1.69. The van der Waals surface area contributed by atoms with Crippen LogP contribution in [-0.4, -0.2) is 61.1 Å². The zero-order valence-corrected chi connectivity index (χ0v) is 16.3. The predicted octanol–water partition coefficient (Wildman–Crippen LogP) is 1.78. The number of hydrogen-bond acceptors (Lipinski definition) is 6. The molecule has 7 nitrogen and oxygen atoms in total. The summed E-state index contributed by atoms with van der Waals surface area (Å²) in [5.41, 5.74) is -0.186. The van der Waals surface area contributed by atoms with Gasteiger partial charge in [-0.1, -0.05) is 24.3 Å². The Morgan fingerprint density at radius 3 is 2.15 bits per heavy atom. The summed E-state index contributed by atoms with van der Waals surface area (Å²) in [6.45, 7) is 5.57. The van der Waals surface area contributed by atoms with Gasteiger partial charge in [-0.15, -0.1) is 0 Å². The molecule has 0 bridgehead atoms. The first-order chi connectivity index (χ1) is 12.7. The van der Waals surface area contributed by atoms with Crippen LogP contribution in [0.3, 0.4) is 0 Å². The Kier molecular flexibility index (Phi) is 6.51. The van der Waals surface area contributed by atoms with Gasteiger partial charge in [0.05, 0.1) is 17.7 Å². The molecule has 1 unspecified atom stereocenters. The standard InChI is InChI=1S/C20H26N2O5/c1-20(2,3)27-19(25)16(11-10-13(21-4)12-26-5)22-17(23)14-8-6-7-9-15(14)18(22)24/h6-11,13,16,21H,12H2,1-5H3/t13-,16?/m0/s1. The first-order valence-electron chi connectivity index (χ1n) is 8.74. The largest absolute Gasteiger partial charge is 0.458 e. The monoisotopic (exact) mass is 374 g/mol. The second-order valence-electron chi connectivity index (χ2n) is 7.24. The van der Waals surface area contributed by atoms with E-state index in [0.717, 1.165) is 4.90 Å². The van der Waals surface area contributed by atoms with Gasteiger partial charge in [-0.2, -0.15) is 0 Å². The number of fused-ring (bicyclic) bond motifs is 1. The first kappa shape index (κ1) is 20.8. The molecule has 0 aliphatic carbocycles. The van der Waals surface area contributed by atoms with E-state index in [0.29, 0.717) is 6.61 Å². The Morgan fingerprint density at radius 1 is 1.15 bits per heavy atom. The van der Waals surface area contributed by atoms with Crippen molar-refractivity contribution >= 4 is 17.8 Å². The molecule has 2 amide bonds. The van der Waals surface area contributed by atoms with Crippen LogP contribution in [0.25, 0.3) is 0 Å². The molecule has 0 saturated heterocycles. The minimum Gasteiger partial charge on any atom is -0.458 e. The maximum Gasteiger partial charge on any atom is 0.333 e. The fourth-order valence-corrected chi connectivity index (χ4v) is 2.75. The fraction of sp³-hybridized carbons (Fsp3) is 0.450. The van der Waals surface area contributed by atoms with E-state index in [4.69, 9.17) is 9.47 Å². The highest BCUT2D eigenvalue weighted by atomic mass is 16.6. The molecule has 0 radical (unpaired) electrons. The number of esters is 1. The lowest BCUT2D eigenvalue weighted by Crippen LogP contribution is -2.46. The van der Waals surface area contributed by atoms with Crippen LogP contribution < -0.4 is 5.32 Å². The van der Waals surface area contributed by atoms with Gasteiger partial charge >= 0.3 is 5.97 Å².